The predicted molar refractivity (Wildman–Crippen MR) is 118 cm³/mol. The number of nitrogens with two attached hydrogens (primary N) is 1. The van der Waals surface area contributed by atoms with E-state index in [1.807, 2.05) is 49.4 Å². The van der Waals surface area contributed by atoms with E-state index in [0.717, 1.165) is 58.8 Å². The number of hydrogen-bond donors (Lipinski definition) is 1. The van der Waals surface area contributed by atoms with Crippen LogP contribution in [0, 0.1) is 6.92 Å². The summed E-state index contributed by atoms with van der Waals surface area (Å²) < 4.78 is 13.2. The van der Waals surface area contributed by atoms with Gasteiger partial charge >= 0.3 is 0 Å². The minimum atomic E-state index is -0.417. The zero-order valence-electron chi connectivity index (χ0n) is 17.2. The van der Waals surface area contributed by atoms with E-state index in [2.05, 4.69) is 11.5 Å². The molecule has 2 heterocycles. The Morgan fingerprint density at radius 1 is 1.13 bits per heavy atom. The molecule has 0 saturated heterocycles. The molecule has 0 radical (unpaired) electrons. The number of amides is 1. The van der Waals surface area contributed by atoms with Crippen molar-refractivity contribution >= 4 is 17.5 Å². The van der Waals surface area contributed by atoms with Crippen LogP contribution in [0.15, 0.2) is 42.5 Å². The quantitative estimate of drug-likeness (QED) is 0.557. The summed E-state index contributed by atoms with van der Waals surface area (Å²) in [7, 11) is 0. The van der Waals surface area contributed by atoms with E-state index in [9.17, 15) is 4.79 Å². The molecule has 4 rings (SSSR count). The fourth-order valence-electron chi connectivity index (χ4n) is 4.07. The zero-order valence-corrected chi connectivity index (χ0v) is 18.0. The standard InChI is InChI=1S/C24H25ClN2O3/c1-3-4-5-19-23(17-7-9-18(25)10-8-17)22(24(26)28)15(2)27(19)13-16-6-11-20-21(12-16)30-14-29-20/h6-12H,3-5,13-14H2,1-2H3,(H2,26,28). The number of carbonyl (C=O) groups excluding carboxylic acids is 1. The Kier molecular flexibility index (Phi) is 5.73. The number of ether oxygens (including phenoxy) is 2. The zero-order chi connectivity index (χ0) is 21.3. The van der Waals surface area contributed by atoms with E-state index >= 15 is 0 Å². The molecular weight excluding hydrogens is 400 g/mol. The van der Waals surface area contributed by atoms with Crippen LogP contribution in [0.5, 0.6) is 11.5 Å². The van der Waals surface area contributed by atoms with Crippen molar-refractivity contribution in [1.29, 1.82) is 0 Å². The maximum absolute atomic E-state index is 12.5. The molecule has 1 aliphatic heterocycles. The van der Waals surface area contributed by atoms with Gasteiger partial charge < -0.3 is 19.8 Å². The highest BCUT2D eigenvalue weighted by atomic mass is 35.5. The molecule has 6 heteroatoms. The third kappa shape index (κ3) is 3.77. The minimum Gasteiger partial charge on any atom is -0.454 e. The number of rotatable bonds is 7. The average molecular weight is 425 g/mol. The molecule has 2 N–H and O–H groups in total. The third-order valence-corrected chi connectivity index (χ3v) is 5.81. The molecule has 1 amide bonds. The molecule has 0 spiro atoms. The first kappa shape index (κ1) is 20.4. The van der Waals surface area contributed by atoms with Crippen molar-refractivity contribution in [3.8, 4) is 22.6 Å². The van der Waals surface area contributed by atoms with Crippen molar-refractivity contribution in [1.82, 2.24) is 4.57 Å². The summed E-state index contributed by atoms with van der Waals surface area (Å²) in [6.45, 7) is 4.99. The van der Waals surface area contributed by atoms with Gasteiger partial charge in [0.15, 0.2) is 11.5 Å². The van der Waals surface area contributed by atoms with Gasteiger partial charge in [-0.05, 0) is 55.2 Å². The molecule has 0 aliphatic carbocycles. The van der Waals surface area contributed by atoms with Crippen LogP contribution >= 0.6 is 11.6 Å². The van der Waals surface area contributed by atoms with Gasteiger partial charge in [0.1, 0.15) is 0 Å². The second-order valence-corrected chi connectivity index (χ2v) is 7.97. The first-order valence-corrected chi connectivity index (χ1v) is 10.5. The van der Waals surface area contributed by atoms with Gasteiger partial charge in [-0.2, -0.15) is 0 Å². The molecule has 5 nitrogen and oxygen atoms in total. The third-order valence-electron chi connectivity index (χ3n) is 5.56. The smallest absolute Gasteiger partial charge is 0.251 e. The van der Waals surface area contributed by atoms with Crippen molar-refractivity contribution in [3.63, 3.8) is 0 Å². The monoisotopic (exact) mass is 424 g/mol. The Balaban J connectivity index is 1.85. The van der Waals surface area contributed by atoms with Crippen LogP contribution in [-0.4, -0.2) is 17.3 Å². The number of hydrogen-bond acceptors (Lipinski definition) is 3. The van der Waals surface area contributed by atoms with Crippen molar-refractivity contribution in [2.75, 3.05) is 6.79 Å². The van der Waals surface area contributed by atoms with Gasteiger partial charge in [-0.25, -0.2) is 0 Å². The summed E-state index contributed by atoms with van der Waals surface area (Å²) in [5.41, 5.74) is 11.3. The van der Waals surface area contributed by atoms with Crippen LogP contribution in [0.25, 0.3) is 11.1 Å². The fraction of sp³-hybridized carbons (Fsp3) is 0.292. The van der Waals surface area contributed by atoms with E-state index in [-0.39, 0.29) is 6.79 Å². The van der Waals surface area contributed by atoms with Gasteiger partial charge in [0, 0.05) is 28.5 Å². The minimum absolute atomic E-state index is 0.246. The van der Waals surface area contributed by atoms with Gasteiger partial charge in [-0.3, -0.25) is 4.79 Å². The van der Waals surface area contributed by atoms with Crippen LogP contribution in [0.2, 0.25) is 5.02 Å². The molecule has 1 aliphatic rings. The van der Waals surface area contributed by atoms with Crippen LogP contribution in [0.4, 0.5) is 0 Å². The Morgan fingerprint density at radius 2 is 1.87 bits per heavy atom. The first-order valence-electron chi connectivity index (χ1n) is 10.2. The van der Waals surface area contributed by atoms with Crippen molar-refractivity contribution < 1.29 is 14.3 Å². The van der Waals surface area contributed by atoms with E-state index < -0.39 is 5.91 Å². The Labute approximate surface area is 181 Å². The fourth-order valence-corrected chi connectivity index (χ4v) is 4.19. The van der Waals surface area contributed by atoms with Crippen LogP contribution in [-0.2, 0) is 13.0 Å². The number of fused-ring (bicyclic) bond motifs is 1. The summed E-state index contributed by atoms with van der Waals surface area (Å²) >= 11 is 6.10. The highest BCUT2D eigenvalue weighted by Crippen LogP contribution is 2.36. The second kappa shape index (κ2) is 8.44. The van der Waals surface area contributed by atoms with Crippen molar-refractivity contribution in [2.45, 2.75) is 39.7 Å². The van der Waals surface area contributed by atoms with Crippen LogP contribution < -0.4 is 15.2 Å². The molecule has 2 aromatic carbocycles. The average Bonchev–Trinajstić information content (AvgIpc) is 3.30. The molecule has 0 saturated carbocycles. The van der Waals surface area contributed by atoms with Crippen molar-refractivity contribution in [3.05, 3.63) is 70.0 Å². The number of aromatic nitrogens is 1. The molecule has 0 atom stereocenters. The van der Waals surface area contributed by atoms with Crippen molar-refractivity contribution in [2.24, 2.45) is 5.73 Å². The Morgan fingerprint density at radius 3 is 2.57 bits per heavy atom. The van der Waals surface area contributed by atoms with E-state index in [1.54, 1.807) is 0 Å². The summed E-state index contributed by atoms with van der Waals surface area (Å²) in [6, 6.07) is 13.5. The van der Waals surface area contributed by atoms with Crippen LogP contribution in [0.1, 0.15) is 47.1 Å². The number of unbranched alkanes of at least 4 members (excludes halogenated alkanes) is 1. The van der Waals surface area contributed by atoms with Gasteiger partial charge in [-0.15, -0.1) is 0 Å². The lowest BCUT2D eigenvalue weighted by molar-refractivity contribution is 0.1000. The lowest BCUT2D eigenvalue weighted by Crippen LogP contribution is -2.13. The number of benzene rings is 2. The maximum Gasteiger partial charge on any atom is 0.251 e. The number of nitrogens with zero attached hydrogens (tertiary/aromatic N) is 1. The second-order valence-electron chi connectivity index (χ2n) is 7.53. The summed E-state index contributed by atoms with van der Waals surface area (Å²) in [4.78, 5) is 12.5. The summed E-state index contributed by atoms with van der Waals surface area (Å²) in [5, 5.41) is 0.658. The molecule has 0 bridgehead atoms. The molecule has 3 aromatic rings. The number of primary amides is 1. The maximum atomic E-state index is 12.5. The van der Waals surface area contributed by atoms with E-state index in [4.69, 9.17) is 26.8 Å². The predicted octanol–water partition coefficient (Wildman–Crippen LogP) is 5.34. The SMILES string of the molecule is CCCCc1c(-c2ccc(Cl)cc2)c(C(N)=O)c(C)n1Cc1ccc2c(c1)OCO2. The lowest BCUT2D eigenvalue weighted by atomic mass is 9.97. The number of halogens is 1. The topological polar surface area (TPSA) is 66.5 Å². The van der Waals surface area contributed by atoms with Gasteiger partial charge in [0.05, 0.1) is 5.56 Å². The highest BCUT2D eigenvalue weighted by molar-refractivity contribution is 6.30. The van der Waals surface area contributed by atoms with Gasteiger partial charge in [-0.1, -0.05) is 43.1 Å². The molecule has 156 valence electrons. The Bertz CT molecular complexity index is 1090. The summed E-state index contributed by atoms with van der Waals surface area (Å²) in [6.07, 6.45) is 2.93. The largest absolute Gasteiger partial charge is 0.454 e. The molecule has 1 aromatic heterocycles. The highest BCUT2D eigenvalue weighted by Gasteiger charge is 2.25. The molecular formula is C24H25ClN2O3. The van der Waals surface area contributed by atoms with Gasteiger partial charge in [0.2, 0.25) is 6.79 Å². The lowest BCUT2D eigenvalue weighted by Gasteiger charge is -2.14. The van der Waals surface area contributed by atoms with Crippen LogP contribution in [0.3, 0.4) is 0 Å². The molecule has 0 fully saturated rings. The first-order chi connectivity index (χ1) is 14.5. The molecule has 30 heavy (non-hydrogen) atoms. The summed E-state index contributed by atoms with van der Waals surface area (Å²) in [5.74, 6) is 1.09. The Hall–Kier alpha value is -2.92. The van der Waals surface area contributed by atoms with Gasteiger partial charge in [0.25, 0.3) is 5.91 Å². The van der Waals surface area contributed by atoms with E-state index in [0.29, 0.717) is 17.1 Å². The van der Waals surface area contributed by atoms with E-state index in [1.165, 1.54) is 0 Å². The normalized spacial score (nSPS) is 12.4. The molecule has 0 unspecified atom stereocenters. The number of carbonyl (C=O) groups is 1.